The van der Waals surface area contributed by atoms with Crippen molar-refractivity contribution in [2.45, 2.75) is 4.90 Å². The first-order valence-electron chi connectivity index (χ1n) is 6.26. The van der Waals surface area contributed by atoms with Gasteiger partial charge in [-0.05, 0) is 18.2 Å². The number of nitrogens with one attached hydrogen (secondary N) is 1. The van der Waals surface area contributed by atoms with Gasteiger partial charge in [-0.1, -0.05) is 0 Å². The van der Waals surface area contributed by atoms with Crippen LogP contribution in [-0.2, 0) is 34.0 Å². The number of carbonyl (C=O) groups excluding carboxylic acids is 3. The Kier molecular flexibility index (Phi) is 7.57. The van der Waals surface area contributed by atoms with Crippen molar-refractivity contribution >= 4 is 34.2 Å². The Morgan fingerprint density at radius 1 is 1.04 bits per heavy atom. The molecular formula is C11H10N2O13S. The molecular weight excluding hydrogens is 400 g/mol. The zero-order valence-corrected chi connectivity index (χ0v) is 13.6. The summed E-state index contributed by atoms with van der Waals surface area (Å²) in [6.45, 7) is -1.04. The number of ether oxygens (including phenoxy) is 1. The standard InChI is InChI=1S/C11H10N2O13S/c12-25-27(20,21)7-2-5(8(15)16)1-6(3-7)9(17)23-26-24-11(19)13-10(18)22-4-14/h1-3,14H,4,12H2,(H,15,16)(H,13,18,19). The highest BCUT2D eigenvalue weighted by Gasteiger charge is 2.22. The van der Waals surface area contributed by atoms with E-state index in [0.29, 0.717) is 18.2 Å². The van der Waals surface area contributed by atoms with Crippen LogP contribution in [0.1, 0.15) is 20.7 Å². The van der Waals surface area contributed by atoms with E-state index in [0.717, 1.165) is 0 Å². The summed E-state index contributed by atoms with van der Waals surface area (Å²) in [6, 6.07) is 2.00. The third kappa shape index (κ3) is 6.49. The molecule has 0 atom stereocenters. The zero-order valence-electron chi connectivity index (χ0n) is 12.8. The van der Waals surface area contributed by atoms with Crippen LogP contribution in [0.2, 0.25) is 0 Å². The van der Waals surface area contributed by atoms with E-state index in [4.69, 9.17) is 10.2 Å². The van der Waals surface area contributed by atoms with Crippen LogP contribution in [-0.4, -0.2) is 49.5 Å². The number of carboxylic acids is 1. The van der Waals surface area contributed by atoms with E-state index in [1.54, 1.807) is 0 Å². The molecule has 0 saturated heterocycles. The van der Waals surface area contributed by atoms with Crippen LogP contribution in [0.25, 0.3) is 0 Å². The lowest BCUT2D eigenvalue weighted by molar-refractivity contribution is -0.446. The van der Waals surface area contributed by atoms with Gasteiger partial charge < -0.3 is 14.9 Å². The molecule has 0 heterocycles. The van der Waals surface area contributed by atoms with Crippen LogP contribution in [0.3, 0.4) is 0 Å². The topological polar surface area (TPSA) is 227 Å². The number of amides is 2. The first kappa shape index (κ1) is 21.7. The minimum atomic E-state index is -4.56. The Hall–Kier alpha value is -3.31. The van der Waals surface area contributed by atoms with Crippen LogP contribution in [0.4, 0.5) is 9.59 Å². The number of aliphatic hydroxyl groups excluding tert-OH is 1. The average Bonchev–Trinajstić information content (AvgIpc) is 2.61. The summed E-state index contributed by atoms with van der Waals surface area (Å²) in [6.07, 6.45) is -3.02. The third-order valence-corrected chi connectivity index (χ3v) is 3.49. The van der Waals surface area contributed by atoms with Crippen molar-refractivity contribution < 1.29 is 61.6 Å². The van der Waals surface area contributed by atoms with Crippen LogP contribution in [0.15, 0.2) is 23.1 Å². The molecule has 5 N–H and O–H groups in total. The number of nitrogens with two attached hydrogens (primary N) is 1. The van der Waals surface area contributed by atoms with Crippen molar-refractivity contribution in [1.82, 2.24) is 5.32 Å². The quantitative estimate of drug-likeness (QED) is 0.235. The molecule has 1 aromatic carbocycles. The van der Waals surface area contributed by atoms with Gasteiger partial charge in [0.05, 0.1) is 16.0 Å². The summed E-state index contributed by atoms with van der Waals surface area (Å²) in [7, 11) is -4.56. The van der Waals surface area contributed by atoms with Crippen molar-refractivity contribution in [2.75, 3.05) is 6.79 Å². The first-order chi connectivity index (χ1) is 12.6. The van der Waals surface area contributed by atoms with Gasteiger partial charge >= 0.3 is 34.2 Å². The smallest absolute Gasteiger partial charge is 0.452 e. The number of carboxylic acid groups (broad SMARTS) is 1. The Bertz CT molecular complexity index is 850. The molecule has 0 aliphatic heterocycles. The summed E-state index contributed by atoms with van der Waals surface area (Å²) >= 11 is 0. The lowest BCUT2D eigenvalue weighted by Gasteiger charge is -2.06. The highest BCUT2D eigenvalue weighted by atomic mass is 32.2. The predicted octanol–water partition coefficient (Wildman–Crippen LogP) is -1.22. The second-order valence-electron chi connectivity index (χ2n) is 4.10. The second kappa shape index (κ2) is 9.40. The van der Waals surface area contributed by atoms with Crippen molar-refractivity contribution in [3.05, 3.63) is 29.3 Å². The number of hydrogen-bond acceptors (Lipinski definition) is 13. The van der Waals surface area contributed by atoms with Crippen molar-refractivity contribution in [3.63, 3.8) is 0 Å². The molecule has 0 aromatic heterocycles. The SMILES string of the molecule is NOS(=O)(=O)c1cc(C(=O)O)cc(C(=O)OOOC(=O)NC(=O)OCO)c1. The van der Waals surface area contributed by atoms with Crippen molar-refractivity contribution in [2.24, 2.45) is 5.90 Å². The normalized spacial score (nSPS) is 10.6. The van der Waals surface area contributed by atoms with Crippen LogP contribution in [0.5, 0.6) is 0 Å². The van der Waals surface area contributed by atoms with E-state index in [-0.39, 0.29) is 0 Å². The molecule has 16 heteroatoms. The Balaban J connectivity index is 2.84. The van der Waals surface area contributed by atoms with E-state index < -0.39 is 57.1 Å². The van der Waals surface area contributed by atoms with Gasteiger partial charge in [0.1, 0.15) is 0 Å². The molecule has 1 aromatic rings. The number of alkyl carbamates (subject to hydrolysis) is 1. The van der Waals surface area contributed by atoms with E-state index in [2.05, 4.69) is 29.7 Å². The Morgan fingerprint density at radius 2 is 1.67 bits per heavy atom. The minimum Gasteiger partial charge on any atom is -0.478 e. The summed E-state index contributed by atoms with van der Waals surface area (Å²) in [4.78, 5) is 51.5. The molecule has 1 rings (SSSR count). The van der Waals surface area contributed by atoms with E-state index in [1.165, 1.54) is 5.32 Å². The van der Waals surface area contributed by atoms with Gasteiger partial charge in [0.15, 0.2) is 6.79 Å². The monoisotopic (exact) mass is 410 g/mol. The molecule has 0 bridgehead atoms. The van der Waals surface area contributed by atoms with Crippen molar-refractivity contribution in [3.8, 4) is 0 Å². The van der Waals surface area contributed by atoms with Gasteiger partial charge in [-0.3, -0.25) is 4.89 Å². The van der Waals surface area contributed by atoms with Gasteiger partial charge in [0, 0.05) is 5.04 Å². The first-order valence-corrected chi connectivity index (χ1v) is 7.67. The molecule has 0 aliphatic carbocycles. The molecule has 27 heavy (non-hydrogen) atoms. The summed E-state index contributed by atoms with van der Waals surface area (Å²) in [5, 5.41) is 22.3. The molecule has 15 nitrogen and oxygen atoms in total. The molecule has 0 fully saturated rings. The number of aromatic carboxylic acids is 1. The minimum absolute atomic E-state index is 0.638. The number of hydrogen-bond donors (Lipinski definition) is 4. The fourth-order valence-electron chi connectivity index (χ4n) is 1.37. The maximum atomic E-state index is 11.7. The Labute approximate surface area is 149 Å². The highest BCUT2D eigenvalue weighted by Crippen LogP contribution is 2.18. The second-order valence-corrected chi connectivity index (χ2v) is 5.67. The molecule has 0 unspecified atom stereocenters. The number of benzene rings is 1. The van der Waals surface area contributed by atoms with Crippen molar-refractivity contribution in [1.29, 1.82) is 0 Å². The van der Waals surface area contributed by atoms with Crippen LogP contribution < -0.4 is 11.2 Å². The average molecular weight is 410 g/mol. The number of carbonyl (C=O) groups is 4. The van der Waals surface area contributed by atoms with E-state index >= 15 is 0 Å². The summed E-state index contributed by atoms with van der Waals surface area (Å²) in [5.41, 5.74) is -1.31. The maximum Gasteiger partial charge on any atom is 0.452 e. The van der Waals surface area contributed by atoms with E-state index in [1.807, 2.05) is 0 Å². The lowest BCUT2D eigenvalue weighted by Crippen LogP contribution is -2.32. The Morgan fingerprint density at radius 3 is 2.22 bits per heavy atom. The summed E-state index contributed by atoms with van der Waals surface area (Å²) < 4.78 is 30.7. The molecule has 148 valence electrons. The molecule has 0 saturated carbocycles. The molecule has 0 spiro atoms. The third-order valence-electron chi connectivity index (χ3n) is 2.42. The van der Waals surface area contributed by atoms with Gasteiger partial charge in [-0.15, -0.1) is 0 Å². The fourth-order valence-corrected chi connectivity index (χ4v) is 2.02. The van der Waals surface area contributed by atoms with Gasteiger partial charge in [0.2, 0.25) is 0 Å². The fraction of sp³-hybridized carbons (Fsp3) is 0.0909. The number of aliphatic hydroxyl groups is 1. The molecule has 0 aliphatic rings. The largest absolute Gasteiger partial charge is 0.478 e. The van der Waals surface area contributed by atoms with Crippen LogP contribution >= 0.6 is 0 Å². The van der Waals surface area contributed by atoms with Gasteiger partial charge in [0.25, 0.3) is 0 Å². The van der Waals surface area contributed by atoms with Crippen LogP contribution in [0, 0.1) is 0 Å². The highest BCUT2D eigenvalue weighted by molar-refractivity contribution is 7.86. The predicted molar refractivity (Wildman–Crippen MR) is 75.5 cm³/mol. The molecule has 0 radical (unpaired) electrons. The lowest BCUT2D eigenvalue weighted by atomic mass is 10.1. The zero-order chi connectivity index (χ0) is 20.6. The number of rotatable bonds is 7. The number of imide groups is 1. The summed E-state index contributed by atoms with van der Waals surface area (Å²) in [5.74, 6) is 1.48. The molecule has 2 amide bonds. The van der Waals surface area contributed by atoms with Gasteiger partial charge in [-0.25, -0.2) is 29.4 Å². The van der Waals surface area contributed by atoms with E-state index in [9.17, 15) is 27.6 Å². The maximum absolute atomic E-state index is 11.7. The van der Waals surface area contributed by atoms with Gasteiger partial charge in [-0.2, -0.15) is 18.6 Å².